The van der Waals surface area contributed by atoms with Gasteiger partial charge in [-0.05, 0) is 18.2 Å². The van der Waals surface area contributed by atoms with Crippen molar-refractivity contribution < 1.29 is 22.8 Å². The van der Waals surface area contributed by atoms with Gasteiger partial charge in [-0.1, -0.05) is 0 Å². The minimum atomic E-state index is -3.93. The molecule has 0 aromatic heterocycles. The molecular formula is C13H16N4O5S. The number of amides is 3. The predicted molar refractivity (Wildman–Crippen MR) is 82.2 cm³/mol. The van der Waals surface area contributed by atoms with Gasteiger partial charge in [0.1, 0.15) is 6.42 Å². The number of carbonyl (C=O) groups is 3. The Bertz CT molecular complexity index is 773. The number of carbonyl (C=O) groups excluding carboxylic acids is 3. The van der Waals surface area contributed by atoms with Gasteiger partial charge in [0.2, 0.25) is 27.7 Å². The van der Waals surface area contributed by atoms with E-state index in [0.717, 1.165) is 0 Å². The molecule has 3 amide bonds. The van der Waals surface area contributed by atoms with Crippen molar-refractivity contribution in [2.45, 2.75) is 11.3 Å². The first-order valence-corrected chi connectivity index (χ1v) is 8.11. The van der Waals surface area contributed by atoms with Gasteiger partial charge < -0.3 is 15.5 Å². The number of nitrogens with zero attached hydrogens (tertiary/aromatic N) is 1. The summed E-state index contributed by atoms with van der Waals surface area (Å²) in [5.74, 6) is -1.41. The second kappa shape index (κ2) is 6.34. The van der Waals surface area contributed by atoms with Crippen molar-refractivity contribution in [3.8, 4) is 0 Å². The van der Waals surface area contributed by atoms with E-state index in [9.17, 15) is 22.8 Å². The number of likely N-dealkylation sites (N-methyl/N-ethyl adjacent to an activating group) is 1. The normalized spacial score (nSPS) is 14.3. The molecule has 9 nitrogen and oxygen atoms in total. The van der Waals surface area contributed by atoms with E-state index in [1.165, 1.54) is 37.2 Å². The Morgan fingerprint density at radius 2 is 1.78 bits per heavy atom. The van der Waals surface area contributed by atoms with Crippen LogP contribution in [0.15, 0.2) is 23.1 Å². The Morgan fingerprint density at radius 1 is 1.17 bits per heavy atom. The summed E-state index contributed by atoms with van der Waals surface area (Å²) < 4.78 is 26.6. The summed E-state index contributed by atoms with van der Waals surface area (Å²) in [5.41, 5.74) is 0.492. The summed E-state index contributed by atoms with van der Waals surface area (Å²) in [6, 6.07) is 3.88. The molecule has 1 aliphatic heterocycles. The third-order valence-electron chi connectivity index (χ3n) is 3.08. The molecule has 1 aromatic carbocycles. The summed E-state index contributed by atoms with van der Waals surface area (Å²) in [5, 5.41) is 4.96. The quantitative estimate of drug-likeness (QED) is 0.627. The molecule has 0 radical (unpaired) electrons. The third-order valence-corrected chi connectivity index (χ3v) is 4.48. The molecule has 0 saturated carbocycles. The highest BCUT2D eigenvalue weighted by molar-refractivity contribution is 7.89. The van der Waals surface area contributed by atoms with Crippen LogP contribution >= 0.6 is 0 Å². The molecule has 0 bridgehead atoms. The minimum absolute atomic E-state index is 0.126. The van der Waals surface area contributed by atoms with Gasteiger partial charge in [-0.25, -0.2) is 13.1 Å². The van der Waals surface area contributed by atoms with Crippen molar-refractivity contribution in [3.63, 3.8) is 0 Å². The van der Waals surface area contributed by atoms with Crippen LogP contribution in [0.4, 0.5) is 11.4 Å². The number of hydrogen-bond acceptors (Lipinski definition) is 5. The van der Waals surface area contributed by atoms with E-state index in [1.54, 1.807) is 0 Å². The molecule has 0 atom stereocenters. The second-order valence-corrected chi connectivity index (χ2v) is 6.86. The van der Waals surface area contributed by atoms with E-state index in [2.05, 4.69) is 15.4 Å². The van der Waals surface area contributed by atoms with Crippen molar-refractivity contribution in [2.24, 2.45) is 0 Å². The Balaban J connectivity index is 2.25. The van der Waals surface area contributed by atoms with Crippen LogP contribution in [0.3, 0.4) is 0 Å². The molecule has 124 valence electrons. The topological polar surface area (TPSA) is 125 Å². The number of anilines is 2. The Kier molecular flexibility index (Phi) is 4.66. The van der Waals surface area contributed by atoms with Crippen molar-refractivity contribution in [1.82, 2.24) is 9.62 Å². The zero-order valence-electron chi connectivity index (χ0n) is 12.5. The lowest BCUT2D eigenvalue weighted by Crippen LogP contribution is -2.36. The molecule has 0 unspecified atom stereocenters. The van der Waals surface area contributed by atoms with E-state index in [0.29, 0.717) is 5.69 Å². The maximum atomic E-state index is 12.2. The average Bonchev–Trinajstić information content (AvgIpc) is 2.60. The number of hydrogen-bond donors (Lipinski definition) is 3. The molecule has 1 aliphatic rings. The molecule has 0 saturated heterocycles. The number of fused-ring (bicyclic) bond motifs is 1. The van der Waals surface area contributed by atoms with Gasteiger partial charge in [-0.3, -0.25) is 14.4 Å². The summed E-state index contributed by atoms with van der Waals surface area (Å²) >= 11 is 0. The molecule has 0 spiro atoms. The molecule has 1 aromatic rings. The van der Waals surface area contributed by atoms with Gasteiger partial charge in [-0.15, -0.1) is 0 Å². The van der Waals surface area contributed by atoms with Gasteiger partial charge in [0.05, 0.1) is 22.8 Å². The van der Waals surface area contributed by atoms with Gasteiger partial charge in [0, 0.05) is 14.1 Å². The first-order valence-electron chi connectivity index (χ1n) is 6.62. The fourth-order valence-corrected chi connectivity index (χ4v) is 2.84. The highest BCUT2D eigenvalue weighted by Gasteiger charge is 2.22. The highest BCUT2D eigenvalue weighted by atomic mass is 32.2. The molecular weight excluding hydrogens is 324 g/mol. The average molecular weight is 340 g/mol. The molecule has 1 heterocycles. The van der Waals surface area contributed by atoms with Crippen molar-refractivity contribution in [2.75, 3.05) is 31.3 Å². The first-order chi connectivity index (χ1) is 10.7. The van der Waals surface area contributed by atoms with E-state index in [4.69, 9.17) is 0 Å². The number of rotatable bonds is 4. The number of benzene rings is 1. The maximum absolute atomic E-state index is 12.2. The molecule has 3 N–H and O–H groups in total. The third kappa shape index (κ3) is 4.05. The molecule has 0 aliphatic carbocycles. The minimum Gasteiger partial charge on any atom is -0.348 e. The SMILES string of the molecule is CN(C)C(=O)CNS(=O)(=O)c1ccc2c(c1)NC(=O)CC(=O)N2. The summed E-state index contributed by atoms with van der Waals surface area (Å²) in [4.78, 5) is 35.6. The lowest BCUT2D eigenvalue weighted by atomic mass is 10.2. The van der Waals surface area contributed by atoms with Crippen LogP contribution in [0.5, 0.6) is 0 Å². The molecule has 2 rings (SSSR count). The standard InChI is InChI=1S/C13H16N4O5S/c1-17(2)13(20)7-14-23(21,22)8-3-4-9-10(5-8)16-12(19)6-11(18)15-9/h3-5,14H,6-7H2,1-2H3,(H,15,18)(H,16,19). The van der Waals surface area contributed by atoms with Crippen LogP contribution in [-0.4, -0.2) is 51.7 Å². The zero-order valence-corrected chi connectivity index (χ0v) is 13.4. The fourth-order valence-electron chi connectivity index (χ4n) is 1.84. The predicted octanol–water partition coefficient (Wildman–Crippen LogP) is -0.666. The monoisotopic (exact) mass is 340 g/mol. The van der Waals surface area contributed by atoms with Gasteiger partial charge in [0.25, 0.3) is 0 Å². The summed E-state index contributed by atoms with van der Waals surface area (Å²) in [6.07, 6.45) is -0.341. The highest BCUT2D eigenvalue weighted by Crippen LogP contribution is 2.27. The second-order valence-electron chi connectivity index (χ2n) is 5.09. The summed E-state index contributed by atoms with van der Waals surface area (Å²) in [7, 11) is -0.904. The van der Waals surface area contributed by atoms with E-state index in [1.807, 2.05) is 0 Å². The van der Waals surface area contributed by atoms with Crippen LogP contribution in [0.1, 0.15) is 6.42 Å². The molecule has 10 heteroatoms. The van der Waals surface area contributed by atoms with Crippen molar-refractivity contribution >= 4 is 39.1 Å². The van der Waals surface area contributed by atoms with Crippen molar-refractivity contribution in [3.05, 3.63) is 18.2 Å². The largest absolute Gasteiger partial charge is 0.348 e. The molecule has 23 heavy (non-hydrogen) atoms. The van der Waals surface area contributed by atoms with E-state index < -0.39 is 27.7 Å². The number of nitrogens with one attached hydrogen (secondary N) is 3. The zero-order chi connectivity index (χ0) is 17.2. The fraction of sp³-hybridized carbons (Fsp3) is 0.308. The summed E-state index contributed by atoms with van der Waals surface area (Å²) in [6.45, 7) is -0.379. The van der Waals surface area contributed by atoms with Gasteiger partial charge in [0.15, 0.2) is 0 Å². The lowest BCUT2D eigenvalue weighted by Gasteiger charge is -2.13. The van der Waals surface area contributed by atoms with Crippen LogP contribution in [-0.2, 0) is 24.4 Å². The van der Waals surface area contributed by atoms with Crippen LogP contribution in [0, 0.1) is 0 Å². The van der Waals surface area contributed by atoms with E-state index >= 15 is 0 Å². The smallest absolute Gasteiger partial charge is 0.241 e. The number of sulfonamides is 1. The first kappa shape index (κ1) is 16.9. The molecule has 0 fully saturated rings. The van der Waals surface area contributed by atoms with Gasteiger partial charge in [-0.2, -0.15) is 0 Å². The Labute approximate surface area is 133 Å². The van der Waals surface area contributed by atoms with Crippen molar-refractivity contribution in [1.29, 1.82) is 0 Å². The maximum Gasteiger partial charge on any atom is 0.241 e. The Hall–Kier alpha value is -2.46. The van der Waals surface area contributed by atoms with E-state index in [-0.39, 0.29) is 23.5 Å². The van der Waals surface area contributed by atoms with Crippen LogP contribution < -0.4 is 15.4 Å². The van der Waals surface area contributed by atoms with Crippen LogP contribution in [0.2, 0.25) is 0 Å². The lowest BCUT2D eigenvalue weighted by molar-refractivity contribution is -0.127. The Morgan fingerprint density at radius 3 is 2.39 bits per heavy atom. The van der Waals surface area contributed by atoms with Crippen LogP contribution in [0.25, 0.3) is 0 Å². The van der Waals surface area contributed by atoms with Gasteiger partial charge >= 0.3 is 0 Å².